The molecule has 0 saturated carbocycles. The van der Waals surface area contributed by atoms with E-state index in [0.717, 1.165) is 11.8 Å². The van der Waals surface area contributed by atoms with Gasteiger partial charge in [-0.2, -0.15) is 0 Å². The van der Waals surface area contributed by atoms with Crippen LogP contribution in [-0.2, 0) is 4.79 Å². The molecular weight excluding hydrogens is 269 g/mol. The summed E-state index contributed by atoms with van der Waals surface area (Å²) in [4.78, 5) is 12.0. The number of anilines is 2. The Morgan fingerprint density at radius 1 is 1.53 bits per heavy atom. The Morgan fingerprint density at radius 2 is 2.32 bits per heavy atom. The number of amides is 1. The van der Waals surface area contributed by atoms with Crippen LogP contribution in [0.4, 0.5) is 15.9 Å². The first-order chi connectivity index (χ1) is 9.04. The number of carbonyl (C=O) groups is 1. The van der Waals surface area contributed by atoms with Crippen LogP contribution in [0.25, 0.3) is 0 Å². The molecule has 3 N–H and O–H groups in total. The molecule has 5 nitrogen and oxygen atoms in total. The van der Waals surface area contributed by atoms with Crippen LogP contribution in [0.15, 0.2) is 33.7 Å². The molecule has 0 radical (unpaired) electrons. The second kappa shape index (κ2) is 5.75. The normalized spacial score (nSPS) is 10.4. The molecular formula is C12H12FN3O2S. The number of hydrogen-bond acceptors (Lipinski definition) is 5. The number of nitrogens with two attached hydrogens (primary N) is 1. The van der Waals surface area contributed by atoms with Gasteiger partial charge in [-0.1, -0.05) is 5.16 Å². The lowest BCUT2D eigenvalue weighted by Gasteiger charge is -2.04. The highest BCUT2D eigenvalue weighted by atomic mass is 32.2. The first-order valence-corrected chi connectivity index (χ1v) is 6.44. The van der Waals surface area contributed by atoms with E-state index in [-0.39, 0.29) is 11.7 Å². The number of nitrogens with one attached hydrogen (secondary N) is 1. The summed E-state index contributed by atoms with van der Waals surface area (Å²) < 4.78 is 18.3. The van der Waals surface area contributed by atoms with E-state index in [4.69, 9.17) is 10.3 Å². The van der Waals surface area contributed by atoms with E-state index >= 15 is 0 Å². The molecule has 2 aromatic rings. The van der Waals surface area contributed by atoms with E-state index < -0.39 is 5.82 Å². The van der Waals surface area contributed by atoms with E-state index in [1.54, 1.807) is 25.1 Å². The number of nitrogens with zero attached hydrogens (tertiary/aromatic N) is 1. The Balaban J connectivity index is 1.89. The van der Waals surface area contributed by atoms with Crippen molar-refractivity contribution in [3.63, 3.8) is 0 Å². The fourth-order valence-corrected chi connectivity index (χ4v) is 2.10. The van der Waals surface area contributed by atoms with Crippen molar-refractivity contribution in [1.29, 1.82) is 0 Å². The van der Waals surface area contributed by atoms with Crippen molar-refractivity contribution in [3.05, 3.63) is 35.8 Å². The quantitative estimate of drug-likeness (QED) is 0.664. The molecule has 0 atom stereocenters. The molecule has 0 aliphatic rings. The number of hydrogen-bond donors (Lipinski definition) is 2. The molecule has 0 unspecified atom stereocenters. The van der Waals surface area contributed by atoms with Crippen LogP contribution in [0.3, 0.4) is 0 Å². The molecule has 1 aromatic heterocycles. The van der Waals surface area contributed by atoms with Gasteiger partial charge in [0.05, 0.1) is 5.75 Å². The van der Waals surface area contributed by atoms with E-state index in [2.05, 4.69) is 10.5 Å². The Labute approximate surface area is 113 Å². The molecule has 1 amide bonds. The van der Waals surface area contributed by atoms with Crippen molar-refractivity contribution in [1.82, 2.24) is 5.16 Å². The van der Waals surface area contributed by atoms with Crippen LogP contribution >= 0.6 is 11.8 Å². The SMILES string of the molecule is Cc1cc(NC(=O)CSc2ccc(N)cc2F)no1. The Morgan fingerprint density at radius 3 is 2.95 bits per heavy atom. The minimum Gasteiger partial charge on any atom is -0.399 e. The second-order valence-electron chi connectivity index (χ2n) is 3.85. The van der Waals surface area contributed by atoms with E-state index in [1.807, 2.05) is 0 Å². The second-order valence-corrected chi connectivity index (χ2v) is 4.87. The smallest absolute Gasteiger partial charge is 0.235 e. The number of halogens is 1. The Hall–Kier alpha value is -2.02. The molecule has 19 heavy (non-hydrogen) atoms. The fourth-order valence-electron chi connectivity index (χ4n) is 1.38. The number of nitrogen functional groups attached to an aromatic ring is 1. The maximum absolute atomic E-state index is 13.5. The third kappa shape index (κ3) is 3.72. The molecule has 1 heterocycles. The zero-order valence-corrected chi connectivity index (χ0v) is 11.0. The molecule has 2 rings (SSSR count). The van der Waals surface area contributed by atoms with Gasteiger partial charge in [0, 0.05) is 16.6 Å². The number of carbonyl (C=O) groups excluding carboxylic acids is 1. The Bertz CT molecular complexity index is 600. The van der Waals surface area contributed by atoms with Crippen LogP contribution in [0.5, 0.6) is 0 Å². The summed E-state index contributed by atoms with van der Waals surface area (Å²) in [5.74, 6) is 0.310. The van der Waals surface area contributed by atoms with Crippen LogP contribution < -0.4 is 11.1 Å². The fraction of sp³-hybridized carbons (Fsp3) is 0.167. The molecule has 0 aliphatic heterocycles. The van der Waals surface area contributed by atoms with Gasteiger partial charge < -0.3 is 15.6 Å². The molecule has 0 fully saturated rings. The summed E-state index contributed by atoms with van der Waals surface area (Å²) in [6, 6.07) is 5.96. The van der Waals surface area contributed by atoms with Gasteiger partial charge in [0.2, 0.25) is 5.91 Å². The van der Waals surface area contributed by atoms with E-state index in [9.17, 15) is 9.18 Å². The van der Waals surface area contributed by atoms with Crippen molar-refractivity contribution in [2.75, 3.05) is 16.8 Å². The van der Waals surface area contributed by atoms with Crippen molar-refractivity contribution >= 4 is 29.2 Å². The van der Waals surface area contributed by atoms with Gasteiger partial charge in [-0.05, 0) is 25.1 Å². The lowest BCUT2D eigenvalue weighted by Crippen LogP contribution is -2.14. The van der Waals surface area contributed by atoms with Gasteiger partial charge in [0.25, 0.3) is 0 Å². The van der Waals surface area contributed by atoms with Crippen LogP contribution in [0.2, 0.25) is 0 Å². The highest BCUT2D eigenvalue weighted by molar-refractivity contribution is 8.00. The van der Waals surface area contributed by atoms with E-state index in [0.29, 0.717) is 22.2 Å². The molecule has 0 aliphatic carbocycles. The summed E-state index contributed by atoms with van der Waals surface area (Å²) in [5, 5.41) is 6.19. The third-order valence-electron chi connectivity index (χ3n) is 2.21. The first kappa shape index (κ1) is 13.4. The lowest BCUT2D eigenvalue weighted by molar-refractivity contribution is -0.113. The summed E-state index contributed by atoms with van der Waals surface area (Å²) in [6.07, 6.45) is 0. The molecule has 100 valence electrons. The van der Waals surface area contributed by atoms with Gasteiger partial charge in [0.15, 0.2) is 5.82 Å². The number of rotatable bonds is 4. The summed E-state index contributed by atoms with van der Waals surface area (Å²) in [7, 11) is 0. The molecule has 0 saturated heterocycles. The maximum Gasteiger partial charge on any atom is 0.235 e. The van der Waals surface area contributed by atoms with Crippen molar-refractivity contribution in [3.8, 4) is 0 Å². The first-order valence-electron chi connectivity index (χ1n) is 5.45. The van der Waals surface area contributed by atoms with Crippen LogP contribution in [-0.4, -0.2) is 16.8 Å². The number of thioether (sulfide) groups is 1. The van der Waals surface area contributed by atoms with Crippen LogP contribution in [0.1, 0.15) is 5.76 Å². The zero-order chi connectivity index (χ0) is 13.8. The maximum atomic E-state index is 13.5. The monoisotopic (exact) mass is 281 g/mol. The summed E-state index contributed by atoms with van der Waals surface area (Å²) >= 11 is 1.09. The topological polar surface area (TPSA) is 81.2 Å². The standard InChI is InChI=1S/C12H12FN3O2S/c1-7-4-11(16-18-7)15-12(17)6-19-10-3-2-8(14)5-9(10)13/h2-5H,6,14H2,1H3,(H,15,16,17). The zero-order valence-electron chi connectivity index (χ0n) is 10.1. The predicted molar refractivity (Wildman–Crippen MR) is 71.4 cm³/mol. The average Bonchev–Trinajstić information content (AvgIpc) is 2.73. The van der Waals surface area contributed by atoms with Crippen molar-refractivity contribution in [2.24, 2.45) is 0 Å². The van der Waals surface area contributed by atoms with Crippen molar-refractivity contribution in [2.45, 2.75) is 11.8 Å². The molecule has 1 aromatic carbocycles. The summed E-state index contributed by atoms with van der Waals surface area (Å²) in [5.41, 5.74) is 5.79. The number of aromatic nitrogens is 1. The molecule has 0 bridgehead atoms. The highest BCUT2D eigenvalue weighted by Crippen LogP contribution is 2.23. The highest BCUT2D eigenvalue weighted by Gasteiger charge is 2.09. The van der Waals surface area contributed by atoms with Gasteiger partial charge in [0.1, 0.15) is 11.6 Å². The molecule has 0 spiro atoms. The average molecular weight is 281 g/mol. The molecule has 7 heteroatoms. The third-order valence-corrected chi connectivity index (χ3v) is 3.26. The summed E-state index contributed by atoms with van der Waals surface area (Å²) in [6.45, 7) is 1.72. The van der Waals surface area contributed by atoms with Crippen molar-refractivity contribution < 1.29 is 13.7 Å². The lowest BCUT2D eigenvalue weighted by atomic mass is 10.3. The van der Waals surface area contributed by atoms with Gasteiger partial charge in [-0.25, -0.2) is 4.39 Å². The largest absolute Gasteiger partial charge is 0.399 e. The minimum atomic E-state index is -0.435. The van der Waals surface area contributed by atoms with Gasteiger partial charge in [-0.15, -0.1) is 11.8 Å². The minimum absolute atomic E-state index is 0.0761. The Kier molecular flexibility index (Phi) is 4.06. The number of aryl methyl sites for hydroxylation is 1. The van der Waals surface area contributed by atoms with E-state index in [1.165, 1.54) is 6.07 Å². The van der Waals surface area contributed by atoms with Gasteiger partial charge >= 0.3 is 0 Å². The van der Waals surface area contributed by atoms with Crippen LogP contribution in [0, 0.1) is 12.7 Å². The van der Waals surface area contributed by atoms with Gasteiger partial charge in [-0.3, -0.25) is 4.79 Å². The number of benzene rings is 1. The predicted octanol–water partition coefficient (Wildman–Crippen LogP) is 2.44.